The van der Waals surface area contributed by atoms with Crippen LogP contribution in [0.3, 0.4) is 0 Å². The fraction of sp³-hybridized carbons (Fsp3) is 0.364. The average Bonchev–Trinajstić information content (AvgIpc) is 2.61. The van der Waals surface area contributed by atoms with Crippen LogP contribution in [0.5, 0.6) is 0 Å². The summed E-state index contributed by atoms with van der Waals surface area (Å²) in [6.45, 7) is 6.32. The molecular formula is C22H27ClN2O2. The Kier molecular flexibility index (Phi) is 7.43. The van der Waals surface area contributed by atoms with E-state index in [4.69, 9.17) is 11.6 Å². The normalized spacial score (nSPS) is 11.7. The van der Waals surface area contributed by atoms with Gasteiger partial charge < -0.3 is 10.2 Å². The Bertz CT molecular complexity index is 782. The number of carbonyl (C=O) groups is 2. The summed E-state index contributed by atoms with van der Waals surface area (Å²) in [6.07, 6.45) is 0.815. The van der Waals surface area contributed by atoms with Crippen LogP contribution in [-0.2, 0) is 22.6 Å². The van der Waals surface area contributed by atoms with Crippen molar-refractivity contribution in [2.45, 2.75) is 46.2 Å². The molecule has 2 aromatic carbocycles. The number of aryl methyl sites for hydroxylation is 2. The number of hydrogen-bond acceptors (Lipinski definition) is 2. The van der Waals surface area contributed by atoms with E-state index in [0.29, 0.717) is 18.0 Å². The highest BCUT2D eigenvalue weighted by molar-refractivity contribution is 6.30. The lowest BCUT2D eigenvalue weighted by atomic mass is 10.0. The Morgan fingerprint density at radius 1 is 1.04 bits per heavy atom. The summed E-state index contributed by atoms with van der Waals surface area (Å²) in [6, 6.07) is 13.0. The topological polar surface area (TPSA) is 49.4 Å². The average molecular weight is 387 g/mol. The van der Waals surface area contributed by atoms with Crippen molar-refractivity contribution in [2.75, 3.05) is 7.05 Å². The van der Waals surface area contributed by atoms with E-state index in [1.165, 1.54) is 0 Å². The lowest BCUT2D eigenvalue weighted by molar-refractivity contribution is -0.140. The van der Waals surface area contributed by atoms with E-state index >= 15 is 0 Å². The number of benzene rings is 2. The molecule has 1 N–H and O–H groups in total. The lowest BCUT2D eigenvalue weighted by Crippen LogP contribution is -2.48. The van der Waals surface area contributed by atoms with E-state index in [-0.39, 0.29) is 18.2 Å². The predicted octanol–water partition coefficient (Wildman–Crippen LogP) is 4.05. The Hall–Kier alpha value is -2.33. The van der Waals surface area contributed by atoms with E-state index in [1.807, 2.05) is 45.0 Å². The number of carbonyl (C=O) groups excluding carboxylic acids is 2. The van der Waals surface area contributed by atoms with Gasteiger partial charge in [0.05, 0.1) is 6.42 Å². The molecule has 0 aliphatic heterocycles. The third-order valence-corrected chi connectivity index (χ3v) is 4.79. The predicted molar refractivity (Wildman–Crippen MR) is 110 cm³/mol. The SMILES string of the molecule is CC[C@H](C(=O)NC)N(Cc1ccc(Cl)cc1)C(=O)Cc1cc(C)cc(C)c1. The zero-order valence-corrected chi connectivity index (χ0v) is 17.1. The van der Waals surface area contributed by atoms with E-state index in [2.05, 4.69) is 11.4 Å². The highest BCUT2D eigenvalue weighted by Gasteiger charge is 2.28. The molecule has 0 aliphatic carbocycles. The van der Waals surface area contributed by atoms with E-state index in [9.17, 15) is 9.59 Å². The van der Waals surface area contributed by atoms with Crippen molar-refractivity contribution >= 4 is 23.4 Å². The van der Waals surface area contributed by atoms with Crippen LogP contribution >= 0.6 is 11.6 Å². The van der Waals surface area contributed by atoms with E-state index < -0.39 is 6.04 Å². The highest BCUT2D eigenvalue weighted by atomic mass is 35.5. The summed E-state index contributed by atoms with van der Waals surface area (Å²) in [5.74, 6) is -0.217. The Morgan fingerprint density at radius 3 is 2.15 bits per heavy atom. The summed E-state index contributed by atoms with van der Waals surface area (Å²) in [4.78, 5) is 27.2. The van der Waals surface area contributed by atoms with Gasteiger partial charge in [-0.15, -0.1) is 0 Å². The first-order chi connectivity index (χ1) is 12.8. The molecule has 0 aromatic heterocycles. The van der Waals surface area contributed by atoms with Gasteiger partial charge in [-0.05, 0) is 43.5 Å². The Balaban J connectivity index is 2.30. The maximum Gasteiger partial charge on any atom is 0.242 e. The van der Waals surface area contributed by atoms with Crippen LogP contribution in [0.1, 0.15) is 35.6 Å². The fourth-order valence-electron chi connectivity index (χ4n) is 3.32. The molecule has 0 saturated carbocycles. The van der Waals surface area contributed by atoms with Crippen molar-refractivity contribution in [1.82, 2.24) is 10.2 Å². The van der Waals surface area contributed by atoms with Crippen molar-refractivity contribution in [3.05, 3.63) is 69.7 Å². The zero-order valence-electron chi connectivity index (χ0n) is 16.4. The maximum atomic E-state index is 13.1. The molecule has 0 fully saturated rings. The molecule has 0 bridgehead atoms. The van der Waals surface area contributed by atoms with Gasteiger partial charge in [-0.2, -0.15) is 0 Å². The summed E-state index contributed by atoms with van der Waals surface area (Å²) >= 11 is 5.97. The first kappa shape index (κ1) is 21.0. The maximum absolute atomic E-state index is 13.1. The van der Waals surface area contributed by atoms with Gasteiger partial charge in [0.2, 0.25) is 11.8 Å². The monoisotopic (exact) mass is 386 g/mol. The first-order valence-corrected chi connectivity index (χ1v) is 9.54. The standard InChI is InChI=1S/C22H27ClN2O2/c1-5-20(22(27)24-4)25(14-17-6-8-19(23)9-7-17)21(26)13-18-11-15(2)10-16(3)12-18/h6-12,20H,5,13-14H2,1-4H3,(H,24,27)/t20-/m1/s1. The highest BCUT2D eigenvalue weighted by Crippen LogP contribution is 2.17. The van der Waals surface area contributed by atoms with Gasteiger partial charge in [-0.25, -0.2) is 0 Å². The number of rotatable bonds is 7. The number of nitrogens with one attached hydrogen (secondary N) is 1. The number of hydrogen-bond donors (Lipinski definition) is 1. The third-order valence-electron chi connectivity index (χ3n) is 4.54. The van der Waals surface area contributed by atoms with Gasteiger partial charge in [-0.1, -0.05) is 60.0 Å². The molecule has 2 rings (SSSR count). The minimum Gasteiger partial charge on any atom is -0.357 e. The smallest absolute Gasteiger partial charge is 0.242 e. The molecule has 0 radical (unpaired) electrons. The second-order valence-electron chi connectivity index (χ2n) is 6.86. The number of halogens is 1. The largest absolute Gasteiger partial charge is 0.357 e. The number of nitrogens with zero attached hydrogens (tertiary/aromatic N) is 1. The first-order valence-electron chi connectivity index (χ1n) is 9.16. The van der Waals surface area contributed by atoms with E-state index in [1.54, 1.807) is 24.1 Å². The van der Waals surface area contributed by atoms with Crippen LogP contribution in [0.2, 0.25) is 5.02 Å². The fourth-order valence-corrected chi connectivity index (χ4v) is 3.45. The number of amides is 2. The second-order valence-corrected chi connectivity index (χ2v) is 7.30. The summed E-state index contributed by atoms with van der Waals surface area (Å²) < 4.78 is 0. The molecule has 1 atom stereocenters. The van der Waals surface area contributed by atoms with Crippen LogP contribution in [0.15, 0.2) is 42.5 Å². The molecule has 2 amide bonds. The molecule has 0 unspecified atom stereocenters. The molecule has 0 heterocycles. The third kappa shape index (κ3) is 5.83. The van der Waals surface area contributed by atoms with Crippen LogP contribution in [-0.4, -0.2) is 29.8 Å². The van der Waals surface area contributed by atoms with Crippen molar-refractivity contribution < 1.29 is 9.59 Å². The molecule has 0 saturated heterocycles. The van der Waals surface area contributed by atoms with Crippen molar-refractivity contribution in [3.8, 4) is 0 Å². The van der Waals surface area contributed by atoms with Gasteiger partial charge in [0, 0.05) is 18.6 Å². The second kappa shape index (κ2) is 9.56. The van der Waals surface area contributed by atoms with E-state index in [0.717, 1.165) is 22.3 Å². The Labute approximate surface area is 166 Å². The zero-order chi connectivity index (χ0) is 20.0. The summed E-state index contributed by atoms with van der Waals surface area (Å²) in [7, 11) is 1.60. The van der Waals surface area contributed by atoms with Crippen LogP contribution in [0.4, 0.5) is 0 Å². The van der Waals surface area contributed by atoms with Crippen molar-refractivity contribution in [3.63, 3.8) is 0 Å². The molecule has 27 heavy (non-hydrogen) atoms. The van der Waals surface area contributed by atoms with Gasteiger partial charge in [-0.3, -0.25) is 9.59 Å². The van der Waals surface area contributed by atoms with Gasteiger partial charge in [0.1, 0.15) is 6.04 Å². The molecule has 4 nitrogen and oxygen atoms in total. The van der Waals surface area contributed by atoms with Crippen molar-refractivity contribution in [2.24, 2.45) is 0 Å². The molecular weight excluding hydrogens is 360 g/mol. The summed E-state index contributed by atoms with van der Waals surface area (Å²) in [5, 5.41) is 3.32. The van der Waals surface area contributed by atoms with Gasteiger partial charge in [0.25, 0.3) is 0 Å². The Morgan fingerprint density at radius 2 is 1.63 bits per heavy atom. The van der Waals surface area contributed by atoms with Gasteiger partial charge in [0.15, 0.2) is 0 Å². The quantitative estimate of drug-likeness (QED) is 0.780. The van der Waals surface area contributed by atoms with Crippen LogP contribution in [0.25, 0.3) is 0 Å². The molecule has 0 spiro atoms. The number of likely N-dealkylation sites (N-methyl/N-ethyl adjacent to an activating group) is 1. The molecule has 5 heteroatoms. The summed E-state index contributed by atoms with van der Waals surface area (Å²) in [5.41, 5.74) is 4.15. The molecule has 2 aromatic rings. The molecule has 144 valence electrons. The van der Waals surface area contributed by atoms with Gasteiger partial charge >= 0.3 is 0 Å². The minimum atomic E-state index is -0.510. The van der Waals surface area contributed by atoms with Crippen LogP contribution in [0, 0.1) is 13.8 Å². The van der Waals surface area contributed by atoms with Crippen molar-refractivity contribution in [1.29, 1.82) is 0 Å². The molecule has 0 aliphatic rings. The lowest BCUT2D eigenvalue weighted by Gasteiger charge is -2.30. The van der Waals surface area contributed by atoms with Crippen LogP contribution < -0.4 is 5.32 Å². The minimum absolute atomic E-state index is 0.0644.